The first-order valence-electron chi connectivity index (χ1n) is 7.50. The molecule has 4 unspecified atom stereocenters. The van der Waals surface area contributed by atoms with Crippen LogP contribution in [0.2, 0.25) is 0 Å². The molecule has 1 saturated heterocycles. The lowest BCUT2D eigenvalue weighted by Crippen LogP contribution is -2.42. The summed E-state index contributed by atoms with van der Waals surface area (Å²) in [6.07, 6.45) is 6.77. The highest BCUT2D eigenvalue weighted by molar-refractivity contribution is 4.78. The fourth-order valence-electron chi connectivity index (χ4n) is 3.08. The van der Waals surface area contributed by atoms with Gasteiger partial charge in [0.1, 0.15) is 0 Å². The number of nitrogens with two attached hydrogens (primary N) is 1. The molecule has 2 heteroatoms. The van der Waals surface area contributed by atoms with Crippen LogP contribution in [0, 0.1) is 11.8 Å². The van der Waals surface area contributed by atoms with Crippen LogP contribution >= 0.6 is 0 Å². The molecule has 0 saturated carbocycles. The summed E-state index contributed by atoms with van der Waals surface area (Å²) < 4.78 is 0. The van der Waals surface area contributed by atoms with E-state index in [1.165, 1.54) is 38.8 Å². The molecule has 0 radical (unpaired) electrons. The molecule has 0 amide bonds. The zero-order valence-electron chi connectivity index (χ0n) is 12.3. The lowest BCUT2D eigenvalue weighted by atomic mass is 9.92. The Hall–Kier alpha value is -0.0800. The van der Waals surface area contributed by atoms with E-state index in [0.29, 0.717) is 18.0 Å². The van der Waals surface area contributed by atoms with Crippen molar-refractivity contribution in [3.63, 3.8) is 0 Å². The Balaban J connectivity index is 2.49. The van der Waals surface area contributed by atoms with E-state index < -0.39 is 0 Å². The standard InChI is InChI=1S/C15H32N2/c1-12-8-6-5-7-9-17(11-12)15(4)13(2)10-14(3)16/h12-15H,5-11,16H2,1-4H3. The lowest BCUT2D eigenvalue weighted by molar-refractivity contribution is 0.120. The summed E-state index contributed by atoms with van der Waals surface area (Å²) >= 11 is 0. The van der Waals surface area contributed by atoms with E-state index in [0.717, 1.165) is 12.3 Å². The van der Waals surface area contributed by atoms with Crippen LogP contribution in [0.1, 0.15) is 59.8 Å². The number of nitrogens with zero attached hydrogens (tertiary/aromatic N) is 1. The number of hydrogen-bond donors (Lipinski definition) is 1. The first kappa shape index (κ1) is 15.0. The van der Waals surface area contributed by atoms with Crippen molar-refractivity contribution in [1.29, 1.82) is 0 Å². The van der Waals surface area contributed by atoms with Crippen molar-refractivity contribution in [3.05, 3.63) is 0 Å². The van der Waals surface area contributed by atoms with Gasteiger partial charge in [-0.3, -0.25) is 0 Å². The molecule has 1 aliphatic rings. The minimum absolute atomic E-state index is 0.333. The molecule has 1 rings (SSSR count). The van der Waals surface area contributed by atoms with Crippen molar-refractivity contribution >= 4 is 0 Å². The van der Waals surface area contributed by atoms with Crippen LogP contribution in [-0.4, -0.2) is 30.1 Å². The normalized spacial score (nSPS) is 29.1. The average molecular weight is 240 g/mol. The topological polar surface area (TPSA) is 29.3 Å². The quantitative estimate of drug-likeness (QED) is 0.817. The van der Waals surface area contributed by atoms with E-state index in [2.05, 4.69) is 32.6 Å². The minimum Gasteiger partial charge on any atom is -0.328 e. The van der Waals surface area contributed by atoms with Gasteiger partial charge in [-0.05, 0) is 51.5 Å². The first-order chi connectivity index (χ1) is 8.00. The molecule has 4 atom stereocenters. The van der Waals surface area contributed by atoms with Crippen molar-refractivity contribution in [2.45, 2.75) is 71.9 Å². The SMILES string of the molecule is CC(N)CC(C)C(C)N1CCCCCC(C)C1. The molecule has 0 bridgehead atoms. The summed E-state index contributed by atoms with van der Waals surface area (Å²) in [7, 11) is 0. The van der Waals surface area contributed by atoms with Gasteiger partial charge in [-0.1, -0.05) is 26.7 Å². The second-order valence-electron chi connectivity index (χ2n) is 6.38. The van der Waals surface area contributed by atoms with Gasteiger partial charge in [0, 0.05) is 18.6 Å². The van der Waals surface area contributed by atoms with Gasteiger partial charge in [0.05, 0.1) is 0 Å². The molecular formula is C15H32N2. The van der Waals surface area contributed by atoms with Crippen molar-refractivity contribution in [2.24, 2.45) is 17.6 Å². The molecule has 0 aromatic rings. The Morgan fingerprint density at radius 1 is 1.18 bits per heavy atom. The molecule has 1 fully saturated rings. The van der Waals surface area contributed by atoms with E-state index in [1.54, 1.807) is 0 Å². The largest absolute Gasteiger partial charge is 0.328 e. The third-order valence-electron chi connectivity index (χ3n) is 4.33. The third-order valence-corrected chi connectivity index (χ3v) is 4.33. The van der Waals surface area contributed by atoms with Crippen LogP contribution in [0.15, 0.2) is 0 Å². The molecule has 0 aliphatic carbocycles. The van der Waals surface area contributed by atoms with Gasteiger partial charge >= 0.3 is 0 Å². The van der Waals surface area contributed by atoms with E-state index in [1.807, 2.05) is 0 Å². The lowest BCUT2D eigenvalue weighted by Gasteiger charge is -2.37. The van der Waals surface area contributed by atoms with Crippen molar-refractivity contribution in [1.82, 2.24) is 4.90 Å². The second-order valence-corrected chi connectivity index (χ2v) is 6.38. The summed E-state index contributed by atoms with van der Waals surface area (Å²) in [5, 5.41) is 0. The summed E-state index contributed by atoms with van der Waals surface area (Å²) in [6.45, 7) is 11.8. The van der Waals surface area contributed by atoms with Crippen molar-refractivity contribution in [3.8, 4) is 0 Å². The molecule has 0 spiro atoms. The van der Waals surface area contributed by atoms with Gasteiger partial charge in [-0.2, -0.15) is 0 Å². The van der Waals surface area contributed by atoms with Crippen LogP contribution in [0.3, 0.4) is 0 Å². The third kappa shape index (κ3) is 5.39. The highest BCUT2D eigenvalue weighted by atomic mass is 15.2. The fourth-order valence-corrected chi connectivity index (χ4v) is 3.08. The van der Waals surface area contributed by atoms with Crippen molar-refractivity contribution in [2.75, 3.05) is 13.1 Å². The summed E-state index contributed by atoms with van der Waals surface area (Å²) in [5.41, 5.74) is 5.93. The molecule has 0 aromatic heterocycles. The summed E-state index contributed by atoms with van der Waals surface area (Å²) in [6, 6.07) is 1.01. The molecule has 1 aliphatic heterocycles. The Kier molecular flexibility index (Phi) is 6.50. The molecule has 102 valence electrons. The van der Waals surface area contributed by atoms with E-state index in [-0.39, 0.29) is 0 Å². The maximum absolute atomic E-state index is 5.93. The van der Waals surface area contributed by atoms with E-state index in [4.69, 9.17) is 5.73 Å². The predicted molar refractivity (Wildman–Crippen MR) is 76.1 cm³/mol. The van der Waals surface area contributed by atoms with Gasteiger partial charge in [0.25, 0.3) is 0 Å². The first-order valence-corrected chi connectivity index (χ1v) is 7.50. The molecule has 0 aromatic carbocycles. The number of rotatable bonds is 4. The van der Waals surface area contributed by atoms with Crippen LogP contribution < -0.4 is 5.73 Å². The van der Waals surface area contributed by atoms with Crippen molar-refractivity contribution < 1.29 is 0 Å². The van der Waals surface area contributed by atoms with E-state index in [9.17, 15) is 0 Å². The van der Waals surface area contributed by atoms with Gasteiger partial charge in [0.15, 0.2) is 0 Å². The maximum Gasteiger partial charge on any atom is 0.00932 e. The maximum atomic E-state index is 5.93. The Morgan fingerprint density at radius 3 is 2.53 bits per heavy atom. The van der Waals surface area contributed by atoms with Crippen LogP contribution in [-0.2, 0) is 0 Å². The Labute approximate surface area is 108 Å². The molecule has 2 N–H and O–H groups in total. The van der Waals surface area contributed by atoms with E-state index >= 15 is 0 Å². The molecule has 1 heterocycles. The summed E-state index contributed by atoms with van der Waals surface area (Å²) in [4.78, 5) is 2.71. The van der Waals surface area contributed by atoms with Gasteiger partial charge in [-0.15, -0.1) is 0 Å². The Morgan fingerprint density at radius 2 is 1.88 bits per heavy atom. The number of hydrogen-bond acceptors (Lipinski definition) is 2. The van der Waals surface area contributed by atoms with Gasteiger partial charge in [-0.25, -0.2) is 0 Å². The monoisotopic (exact) mass is 240 g/mol. The van der Waals surface area contributed by atoms with Crippen LogP contribution in [0.4, 0.5) is 0 Å². The summed E-state index contributed by atoms with van der Waals surface area (Å²) in [5.74, 6) is 1.57. The van der Waals surface area contributed by atoms with Crippen LogP contribution in [0.25, 0.3) is 0 Å². The van der Waals surface area contributed by atoms with Gasteiger partial charge in [0.2, 0.25) is 0 Å². The Bertz CT molecular complexity index is 203. The number of likely N-dealkylation sites (tertiary alicyclic amines) is 1. The highest BCUT2D eigenvalue weighted by Gasteiger charge is 2.23. The smallest absolute Gasteiger partial charge is 0.00932 e. The average Bonchev–Trinajstić information content (AvgIpc) is 2.21. The molecular weight excluding hydrogens is 208 g/mol. The molecule has 2 nitrogen and oxygen atoms in total. The van der Waals surface area contributed by atoms with Gasteiger partial charge < -0.3 is 10.6 Å². The second kappa shape index (κ2) is 7.38. The minimum atomic E-state index is 0.333. The zero-order valence-corrected chi connectivity index (χ0v) is 12.3. The zero-order chi connectivity index (χ0) is 12.8. The predicted octanol–water partition coefficient (Wildman–Crippen LogP) is 3.26. The highest BCUT2D eigenvalue weighted by Crippen LogP contribution is 2.22. The fraction of sp³-hybridized carbons (Fsp3) is 1.00. The van der Waals surface area contributed by atoms with Crippen LogP contribution in [0.5, 0.6) is 0 Å². The molecule has 17 heavy (non-hydrogen) atoms.